The number of amides is 1. The Morgan fingerprint density at radius 3 is 2.42 bits per heavy atom. The van der Waals surface area contributed by atoms with E-state index in [0.717, 1.165) is 32.1 Å². The predicted molar refractivity (Wildman–Crippen MR) is 114 cm³/mol. The lowest BCUT2D eigenvalue weighted by molar-refractivity contribution is 0.0742. The van der Waals surface area contributed by atoms with Crippen LogP contribution in [0.25, 0.3) is 5.69 Å². The molecule has 3 aromatic rings. The molecule has 0 unspecified atom stereocenters. The van der Waals surface area contributed by atoms with Crippen LogP contribution in [0.15, 0.2) is 41.5 Å². The van der Waals surface area contributed by atoms with Gasteiger partial charge in [0.25, 0.3) is 5.91 Å². The Morgan fingerprint density at radius 1 is 1.13 bits per heavy atom. The van der Waals surface area contributed by atoms with Crippen molar-refractivity contribution in [2.24, 2.45) is 7.05 Å². The zero-order valence-corrected chi connectivity index (χ0v) is 17.7. The van der Waals surface area contributed by atoms with E-state index in [4.69, 9.17) is 0 Å². The minimum atomic E-state index is -0.712. The number of nitrogens with zero attached hydrogens (tertiary/aromatic N) is 5. The fourth-order valence-electron chi connectivity index (χ4n) is 3.86. The smallest absolute Gasteiger partial charge is 0.335 e. The quantitative estimate of drug-likeness (QED) is 0.694. The molecule has 0 spiro atoms. The van der Waals surface area contributed by atoms with E-state index in [1.165, 1.54) is 25.4 Å². The van der Waals surface area contributed by atoms with Crippen LogP contribution >= 0.6 is 0 Å². The molecule has 0 radical (unpaired) electrons. The highest BCUT2D eigenvalue weighted by atomic mass is 19.1. The van der Waals surface area contributed by atoms with Gasteiger partial charge in [-0.3, -0.25) is 13.9 Å². The van der Waals surface area contributed by atoms with Crippen molar-refractivity contribution >= 4 is 11.7 Å². The summed E-state index contributed by atoms with van der Waals surface area (Å²) in [5.74, 6) is -0.428. The summed E-state index contributed by atoms with van der Waals surface area (Å²) >= 11 is 0. The molecule has 0 bridgehead atoms. The number of halogens is 1. The third-order valence-corrected chi connectivity index (χ3v) is 5.60. The van der Waals surface area contributed by atoms with Crippen LogP contribution in [0.5, 0.6) is 5.88 Å². The van der Waals surface area contributed by atoms with E-state index in [9.17, 15) is 19.1 Å². The van der Waals surface area contributed by atoms with Gasteiger partial charge in [-0.2, -0.15) is 0 Å². The van der Waals surface area contributed by atoms with Crippen molar-refractivity contribution in [3.8, 4) is 11.6 Å². The molecular formula is C22H24FN5O3. The van der Waals surface area contributed by atoms with Gasteiger partial charge in [0.05, 0.1) is 17.4 Å². The fraction of sp³-hybridized carbons (Fsp3) is 0.318. The van der Waals surface area contributed by atoms with E-state index < -0.39 is 11.5 Å². The van der Waals surface area contributed by atoms with Gasteiger partial charge in [-0.25, -0.2) is 14.2 Å². The van der Waals surface area contributed by atoms with Crippen LogP contribution in [0.4, 0.5) is 10.2 Å². The second-order valence-electron chi connectivity index (χ2n) is 7.80. The summed E-state index contributed by atoms with van der Waals surface area (Å²) in [6.07, 6.45) is 3.04. The molecule has 0 saturated carbocycles. The summed E-state index contributed by atoms with van der Waals surface area (Å²) in [6, 6.07) is 6.08. The number of benzene rings is 1. The molecule has 4 rings (SSSR count). The number of piperazine rings is 1. The van der Waals surface area contributed by atoms with Crippen LogP contribution < -0.4 is 10.6 Å². The lowest BCUT2D eigenvalue weighted by Gasteiger charge is -2.36. The number of carbonyl (C=O) groups excluding carboxylic acids is 1. The number of anilines is 1. The van der Waals surface area contributed by atoms with Gasteiger partial charge in [-0.05, 0) is 43.2 Å². The van der Waals surface area contributed by atoms with Crippen LogP contribution in [0.3, 0.4) is 0 Å². The van der Waals surface area contributed by atoms with Crippen molar-refractivity contribution in [1.29, 1.82) is 0 Å². The maximum Gasteiger partial charge on any atom is 0.335 e. The Balaban J connectivity index is 1.49. The molecule has 1 aliphatic heterocycles. The molecule has 1 aromatic carbocycles. The molecule has 1 N–H and O–H groups in total. The number of aromatic nitrogens is 3. The molecule has 1 saturated heterocycles. The number of imidazole rings is 1. The average molecular weight is 425 g/mol. The van der Waals surface area contributed by atoms with E-state index in [-0.39, 0.29) is 23.0 Å². The second-order valence-corrected chi connectivity index (χ2v) is 7.80. The van der Waals surface area contributed by atoms with Gasteiger partial charge >= 0.3 is 5.69 Å². The molecule has 8 nitrogen and oxygen atoms in total. The van der Waals surface area contributed by atoms with Gasteiger partial charge < -0.3 is 14.9 Å². The van der Waals surface area contributed by atoms with Crippen molar-refractivity contribution < 1.29 is 14.3 Å². The number of hydrogen-bond acceptors (Lipinski definition) is 5. The van der Waals surface area contributed by atoms with Crippen LogP contribution in [-0.2, 0) is 7.05 Å². The van der Waals surface area contributed by atoms with Crippen LogP contribution in [0.1, 0.15) is 21.5 Å². The van der Waals surface area contributed by atoms with E-state index in [0.29, 0.717) is 26.2 Å². The third-order valence-electron chi connectivity index (χ3n) is 5.60. The first-order chi connectivity index (χ1) is 14.8. The second kappa shape index (κ2) is 7.90. The summed E-state index contributed by atoms with van der Waals surface area (Å²) in [6.45, 7) is 6.16. The standard InChI is InChI=1S/C22H24FN5O3/c1-14-10-15(2)20(24-12-14)26-6-8-27(9-7-26)21(30)17-5-4-16(11-18(17)23)28-13-19(29)25(3)22(28)31/h4-5,10-13,29H,6-9H2,1-3H3. The van der Waals surface area contributed by atoms with E-state index in [1.54, 1.807) is 4.90 Å². The highest BCUT2D eigenvalue weighted by Crippen LogP contribution is 2.21. The molecule has 9 heteroatoms. The Morgan fingerprint density at radius 2 is 1.84 bits per heavy atom. The first-order valence-corrected chi connectivity index (χ1v) is 10.0. The monoisotopic (exact) mass is 425 g/mol. The van der Waals surface area contributed by atoms with Gasteiger partial charge in [-0.1, -0.05) is 6.07 Å². The largest absolute Gasteiger partial charge is 0.493 e. The van der Waals surface area contributed by atoms with Gasteiger partial charge in [-0.15, -0.1) is 0 Å². The zero-order chi connectivity index (χ0) is 22.3. The molecule has 1 amide bonds. The number of aryl methyl sites for hydroxylation is 2. The number of aromatic hydroxyl groups is 1. The maximum absolute atomic E-state index is 14.8. The predicted octanol–water partition coefficient (Wildman–Crippen LogP) is 1.99. The van der Waals surface area contributed by atoms with E-state index in [1.807, 2.05) is 20.0 Å². The summed E-state index contributed by atoms with van der Waals surface area (Å²) in [4.78, 5) is 33.3. The molecular weight excluding hydrogens is 401 g/mol. The molecule has 162 valence electrons. The molecule has 31 heavy (non-hydrogen) atoms. The van der Waals surface area contributed by atoms with Gasteiger partial charge in [0.2, 0.25) is 5.88 Å². The average Bonchev–Trinajstić information content (AvgIpc) is 3.01. The van der Waals surface area contributed by atoms with Crippen LogP contribution in [0.2, 0.25) is 0 Å². The lowest BCUT2D eigenvalue weighted by Crippen LogP contribution is -2.49. The van der Waals surface area contributed by atoms with Crippen molar-refractivity contribution in [1.82, 2.24) is 19.0 Å². The zero-order valence-electron chi connectivity index (χ0n) is 17.7. The SMILES string of the molecule is Cc1cnc(N2CCN(C(=O)c3ccc(-n4cc(O)n(C)c4=O)cc3F)CC2)c(C)c1. The topological polar surface area (TPSA) is 83.6 Å². The van der Waals surface area contributed by atoms with Crippen molar-refractivity contribution in [3.63, 3.8) is 0 Å². The summed E-state index contributed by atoms with van der Waals surface area (Å²) in [7, 11) is 1.41. The Labute approximate surface area is 178 Å². The number of carbonyl (C=O) groups is 1. The van der Waals surface area contributed by atoms with Gasteiger partial charge in [0.15, 0.2) is 0 Å². The molecule has 1 fully saturated rings. The Kier molecular flexibility index (Phi) is 5.26. The van der Waals surface area contributed by atoms with Crippen molar-refractivity contribution in [3.05, 3.63) is 69.7 Å². The maximum atomic E-state index is 14.8. The molecule has 1 aliphatic rings. The van der Waals surface area contributed by atoms with E-state index in [2.05, 4.69) is 16.0 Å². The Bertz CT molecular complexity index is 1210. The highest BCUT2D eigenvalue weighted by molar-refractivity contribution is 5.95. The van der Waals surface area contributed by atoms with Crippen LogP contribution in [-0.4, -0.2) is 56.2 Å². The minimum absolute atomic E-state index is 0.0463. The fourth-order valence-corrected chi connectivity index (χ4v) is 3.86. The molecule has 3 heterocycles. The summed E-state index contributed by atoms with van der Waals surface area (Å²) in [5, 5.41) is 9.68. The molecule has 2 aromatic heterocycles. The molecule has 0 atom stereocenters. The normalized spacial score (nSPS) is 14.2. The Hall–Kier alpha value is -3.62. The van der Waals surface area contributed by atoms with E-state index >= 15 is 0 Å². The lowest BCUT2D eigenvalue weighted by atomic mass is 10.1. The number of rotatable bonds is 3. The summed E-state index contributed by atoms with van der Waals surface area (Å²) in [5.41, 5.74) is 1.87. The first kappa shape index (κ1) is 20.6. The van der Waals surface area contributed by atoms with Gasteiger partial charge in [0, 0.05) is 39.4 Å². The third kappa shape index (κ3) is 3.78. The highest BCUT2D eigenvalue weighted by Gasteiger charge is 2.25. The van der Waals surface area contributed by atoms with Gasteiger partial charge in [0.1, 0.15) is 11.6 Å². The van der Waals surface area contributed by atoms with Crippen LogP contribution in [0, 0.1) is 19.7 Å². The minimum Gasteiger partial charge on any atom is -0.493 e. The van der Waals surface area contributed by atoms with Crippen molar-refractivity contribution in [2.45, 2.75) is 13.8 Å². The van der Waals surface area contributed by atoms with Crippen molar-refractivity contribution in [2.75, 3.05) is 31.1 Å². The number of hydrogen-bond donors (Lipinski definition) is 1. The number of pyridine rings is 1. The molecule has 0 aliphatic carbocycles. The summed E-state index contributed by atoms with van der Waals surface area (Å²) < 4.78 is 16.9. The first-order valence-electron chi connectivity index (χ1n) is 10.0.